The van der Waals surface area contributed by atoms with Gasteiger partial charge in [-0.15, -0.1) is 11.8 Å². The molecule has 1 aromatic carbocycles. The van der Waals surface area contributed by atoms with Gasteiger partial charge < -0.3 is 10.3 Å². The first-order valence-corrected chi connectivity index (χ1v) is 7.54. The van der Waals surface area contributed by atoms with Gasteiger partial charge in [0.2, 0.25) is 5.91 Å². The highest BCUT2D eigenvalue weighted by molar-refractivity contribution is 8.00. The topological polar surface area (TPSA) is 57.8 Å². The Balaban J connectivity index is 1.90. The summed E-state index contributed by atoms with van der Waals surface area (Å²) >= 11 is 7.34. The molecule has 0 bridgehead atoms. The summed E-state index contributed by atoms with van der Waals surface area (Å²) in [7, 11) is 0. The summed E-state index contributed by atoms with van der Waals surface area (Å²) in [5.41, 5.74) is 0. The predicted molar refractivity (Wildman–Crippen MR) is 81.9 cm³/mol. The normalized spacial score (nSPS) is 13.8. The zero-order valence-corrected chi connectivity index (χ0v) is 12.8. The lowest BCUT2D eigenvalue weighted by molar-refractivity contribution is -0.121. The van der Waals surface area contributed by atoms with Crippen molar-refractivity contribution in [1.29, 1.82) is 0 Å². The number of carbonyl (C=O) groups excluding carboxylic acids is 1. The maximum Gasteiger partial charge on any atom is 0.233 e. The molecule has 1 heterocycles. The quantitative estimate of drug-likeness (QED) is 0.832. The van der Waals surface area contributed by atoms with Crippen molar-refractivity contribution in [2.75, 3.05) is 0 Å². The maximum absolute atomic E-state index is 12.1. The van der Waals surface area contributed by atoms with Crippen LogP contribution < -0.4 is 5.32 Å². The zero-order chi connectivity index (χ0) is 14.5. The van der Waals surface area contributed by atoms with E-state index in [9.17, 15) is 4.79 Å². The van der Waals surface area contributed by atoms with E-state index in [0.717, 1.165) is 10.7 Å². The molecule has 20 heavy (non-hydrogen) atoms. The minimum Gasteiger partial charge on any atom is -0.347 e. The van der Waals surface area contributed by atoms with Crippen LogP contribution in [-0.2, 0) is 4.79 Å². The van der Waals surface area contributed by atoms with Crippen LogP contribution in [0.3, 0.4) is 0 Å². The van der Waals surface area contributed by atoms with Gasteiger partial charge in [0, 0.05) is 22.3 Å². The minimum atomic E-state index is -0.186. The average molecular weight is 310 g/mol. The Labute approximate surface area is 127 Å². The molecule has 4 nitrogen and oxygen atoms in total. The highest BCUT2D eigenvalue weighted by Gasteiger charge is 2.18. The number of hydrogen-bond acceptors (Lipinski definition) is 3. The van der Waals surface area contributed by atoms with E-state index < -0.39 is 0 Å². The summed E-state index contributed by atoms with van der Waals surface area (Å²) < 4.78 is 0. The molecule has 106 valence electrons. The minimum absolute atomic E-state index is 0.0196. The van der Waals surface area contributed by atoms with Crippen molar-refractivity contribution in [3.63, 3.8) is 0 Å². The van der Waals surface area contributed by atoms with Gasteiger partial charge in [0.05, 0.1) is 11.3 Å². The molecule has 1 amide bonds. The first kappa shape index (κ1) is 14.9. The molecule has 0 fully saturated rings. The smallest absolute Gasteiger partial charge is 0.233 e. The fourth-order valence-electron chi connectivity index (χ4n) is 1.68. The van der Waals surface area contributed by atoms with Crippen LogP contribution in [0.4, 0.5) is 0 Å². The number of aromatic amines is 1. The number of hydrogen-bond donors (Lipinski definition) is 2. The lowest BCUT2D eigenvalue weighted by Gasteiger charge is -2.16. The number of thioether (sulfide) groups is 1. The number of H-pyrrole nitrogens is 1. The number of amides is 1. The maximum atomic E-state index is 12.1. The number of nitrogens with one attached hydrogen (secondary N) is 2. The van der Waals surface area contributed by atoms with Crippen LogP contribution in [0, 0.1) is 0 Å². The van der Waals surface area contributed by atoms with E-state index in [0.29, 0.717) is 5.02 Å². The number of benzene rings is 1. The summed E-state index contributed by atoms with van der Waals surface area (Å²) in [6, 6.07) is 7.32. The second kappa shape index (κ2) is 6.81. The largest absolute Gasteiger partial charge is 0.347 e. The summed E-state index contributed by atoms with van der Waals surface area (Å²) in [6.45, 7) is 3.78. The Hall–Kier alpha value is -1.46. The third-order valence-corrected chi connectivity index (χ3v) is 4.15. The Morgan fingerprint density at radius 2 is 2.05 bits per heavy atom. The van der Waals surface area contributed by atoms with E-state index in [1.54, 1.807) is 12.4 Å². The fraction of sp³-hybridized carbons (Fsp3) is 0.286. The molecule has 6 heteroatoms. The predicted octanol–water partition coefficient (Wildman–Crippen LogP) is 3.42. The van der Waals surface area contributed by atoms with Gasteiger partial charge in [0.1, 0.15) is 5.82 Å². The van der Waals surface area contributed by atoms with Gasteiger partial charge >= 0.3 is 0 Å². The monoisotopic (exact) mass is 309 g/mol. The van der Waals surface area contributed by atoms with E-state index in [1.807, 2.05) is 38.1 Å². The van der Waals surface area contributed by atoms with Crippen LogP contribution in [0.5, 0.6) is 0 Å². The van der Waals surface area contributed by atoms with E-state index in [2.05, 4.69) is 15.3 Å². The van der Waals surface area contributed by atoms with Crippen LogP contribution in [-0.4, -0.2) is 21.1 Å². The Bertz CT molecular complexity index is 556. The van der Waals surface area contributed by atoms with Crippen molar-refractivity contribution in [3.8, 4) is 0 Å². The molecule has 2 aromatic rings. The lowest BCUT2D eigenvalue weighted by atomic mass is 10.3. The van der Waals surface area contributed by atoms with Crippen LogP contribution in [0.25, 0.3) is 0 Å². The van der Waals surface area contributed by atoms with Crippen molar-refractivity contribution in [3.05, 3.63) is 47.5 Å². The van der Waals surface area contributed by atoms with Gasteiger partial charge in [0.25, 0.3) is 0 Å². The summed E-state index contributed by atoms with van der Waals surface area (Å²) in [6.07, 6.45) is 3.41. The Kier molecular flexibility index (Phi) is 5.09. The molecule has 0 aliphatic rings. The summed E-state index contributed by atoms with van der Waals surface area (Å²) in [4.78, 5) is 20.3. The van der Waals surface area contributed by atoms with Crippen LogP contribution in [0.2, 0.25) is 5.02 Å². The number of rotatable bonds is 5. The SMILES string of the molecule is CC(Sc1ccc(Cl)cc1)C(=O)NC(C)c1ncc[nH]1. The second-order valence-corrected chi connectivity index (χ2v) is 6.27. The molecule has 2 atom stereocenters. The van der Waals surface area contributed by atoms with Crippen molar-refractivity contribution in [1.82, 2.24) is 15.3 Å². The number of halogens is 1. The number of carbonyl (C=O) groups is 1. The summed E-state index contributed by atoms with van der Waals surface area (Å²) in [5.74, 6) is 0.732. The zero-order valence-electron chi connectivity index (χ0n) is 11.3. The van der Waals surface area contributed by atoms with Crippen molar-refractivity contribution >= 4 is 29.3 Å². The molecule has 0 saturated carbocycles. The number of imidazole rings is 1. The third-order valence-electron chi connectivity index (χ3n) is 2.78. The number of aromatic nitrogens is 2. The highest BCUT2D eigenvalue weighted by Crippen LogP contribution is 2.25. The molecule has 2 rings (SSSR count). The standard InChI is InChI=1S/C14H16ClN3OS/c1-9(13-16-7-8-17-13)18-14(19)10(2)20-12-5-3-11(15)4-6-12/h3-10H,1-2H3,(H,16,17)(H,18,19). The Morgan fingerprint density at radius 1 is 1.35 bits per heavy atom. The van der Waals surface area contributed by atoms with Crippen LogP contribution in [0.15, 0.2) is 41.6 Å². The highest BCUT2D eigenvalue weighted by atomic mass is 35.5. The van der Waals surface area contributed by atoms with Gasteiger partial charge in [-0.05, 0) is 38.1 Å². The average Bonchev–Trinajstić information content (AvgIpc) is 2.95. The van der Waals surface area contributed by atoms with Crippen molar-refractivity contribution < 1.29 is 4.79 Å². The lowest BCUT2D eigenvalue weighted by Crippen LogP contribution is -2.33. The van der Waals surface area contributed by atoms with Crippen LogP contribution in [0.1, 0.15) is 25.7 Å². The molecule has 2 N–H and O–H groups in total. The molecule has 0 spiro atoms. The molecule has 0 radical (unpaired) electrons. The molecule has 0 aliphatic heterocycles. The second-order valence-electron chi connectivity index (χ2n) is 4.42. The van der Waals surface area contributed by atoms with E-state index in [1.165, 1.54) is 11.8 Å². The molecule has 1 aromatic heterocycles. The first-order chi connectivity index (χ1) is 9.56. The molecular formula is C14H16ClN3OS. The van der Waals surface area contributed by atoms with Crippen molar-refractivity contribution in [2.24, 2.45) is 0 Å². The van der Waals surface area contributed by atoms with Gasteiger partial charge in [0.15, 0.2) is 0 Å². The number of nitrogens with zero attached hydrogens (tertiary/aromatic N) is 1. The van der Waals surface area contributed by atoms with Gasteiger partial charge in [-0.2, -0.15) is 0 Å². The van der Waals surface area contributed by atoms with Crippen molar-refractivity contribution in [2.45, 2.75) is 30.0 Å². The third kappa shape index (κ3) is 4.02. The molecule has 2 unspecified atom stereocenters. The van der Waals surface area contributed by atoms with Crippen LogP contribution >= 0.6 is 23.4 Å². The molecule has 0 aliphatic carbocycles. The van der Waals surface area contributed by atoms with Gasteiger partial charge in [-0.25, -0.2) is 4.98 Å². The van der Waals surface area contributed by atoms with Gasteiger partial charge in [-0.3, -0.25) is 4.79 Å². The Morgan fingerprint density at radius 3 is 2.65 bits per heavy atom. The first-order valence-electron chi connectivity index (χ1n) is 6.28. The fourth-order valence-corrected chi connectivity index (χ4v) is 2.69. The molecular weight excluding hydrogens is 294 g/mol. The molecule has 0 saturated heterocycles. The van der Waals surface area contributed by atoms with E-state index in [-0.39, 0.29) is 17.2 Å². The summed E-state index contributed by atoms with van der Waals surface area (Å²) in [5, 5.41) is 3.44. The van der Waals surface area contributed by atoms with E-state index >= 15 is 0 Å². The van der Waals surface area contributed by atoms with Gasteiger partial charge in [-0.1, -0.05) is 11.6 Å². The van der Waals surface area contributed by atoms with E-state index in [4.69, 9.17) is 11.6 Å².